The van der Waals surface area contributed by atoms with Gasteiger partial charge in [0.05, 0.1) is 0 Å². The smallest absolute Gasteiger partial charge is 0.0409 e. The number of rotatable bonds is 4. The van der Waals surface area contributed by atoms with Crippen LogP contribution in [-0.4, -0.2) is 31.6 Å². The first-order valence-corrected chi connectivity index (χ1v) is 6.75. The van der Waals surface area contributed by atoms with E-state index in [4.69, 9.17) is 11.6 Å². The van der Waals surface area contributed by atoms with Gasteiger partial charge in [-0.15, -0.1) is 12.4 Å². The molecule has 1 N–H and O–H groups in total. The average Bonchev–Trinajstić information content (AvgIpc) is 2.30. The highest BCUT2D eigenvalue weighted by atomic mass is 35.5. The van der Waals surface area contributed by atoms with Gasteiger partial charge in [0.25, 0.3) is 0 Å². The first kappa shape index (κ1) is 15.8. The van der Waals surface area contributed by atoms with E-state index in [9.17, 15) is 0 Å². The third-order valence-electron chi connectivity index (χ3n) is 3.37. The minimum atomic E-state index is 0. The van der Waals surface area contributed by atoms with Gasteiger partial charge in [-0.25, -0.2) is 0 Å². The number of hydrogen-bond donors (Lipinski definition) is 1. The Morgan fingerprint density at radius 2 is 2.06 bits per heavy atom. The molecule has 0 bridgehead atoms. The maximum absolute atomic E-state index is 5.99. The predicted molar refractivity (Wildman–Crippen MR) is 80.6 cm³/mol. The van der Waals surface area contributed by atoms with Crippen LogP contribution in [0.3, 0.4) is 0 Å². The molecule has 102 valence electrons. The van der Waals surface area contributed by atoms with Crippen LogP contribution in [0.5, 0.6) is 0 Å². The summed E-state index contributed by atoms with van der Waals surface area (Å²) in [5.41, 5.74) is 1.30. The van der Waals surface area contributed by atoms with E-state index in [0.717, 1.165) is 17.5 Å². The Balaban J connectivity index is 0.00000162. The Morgan fingerprint density at radius 1 is 1.33 bits per heavy atom. The van der Waals surface area contributed by atoms with Crippen molar-refractivity contribution in [2.75, 3.05) is 26.7 Å². The van der Waals surface area contributed by atoms with Crippen LogP contribution >= 0.6 is 24.0 Å². The summed E-state index contributed by atoms with van der Waals surface area (Å²) in [6.07, 6.45) is 2.61. The molecular formula is C14H22Cl2N2. The van der Waals surface area contributed by atoms with Crippen molar-refractivity contribution in [1.82, 2.24) is 10.2 Å². The van der Waals surface area contributed by atoms with Crippen molar-refractivity contribution in [2.24, 2.45) is 5.92 Å². The molecule has 1 fully saturated rings. The zero-order chi connectivity index (χ0) is 12.1. The summed E-state index contributed by atoms with van der Waals surface area (Å²) < 4.78 is 0. The lowest BCUT2D eigenvalue weighted by atomic mass is 9.97. The number of piperidine rings is 1. The molecule has 4 heteroatoms. The highest BCUT2D eigenvalue weighted by Crippen LogP contribution is 2.16. The van der Waals surface area contributed by atoms with Crippen LogP contribution in [0.4, 0.5) is 0 Å². The zero-order valence-electron chi connectivity index (χ0n) is 10.9. The summed E-state index contributed by atoms with van der Waals surface area (Å²) in [7, 11) is 2.20. The van der Waals surface area contributed by atoms with E-state index < -0.39 is 0 Å². The molecule has 1 aliphatic rings. The molecule has 0 atom stereocenters. The van der Waals surface area contributed by atoms with Gasteiger partial charge >= 0.3 is 0 Å². The summed E-state index contributed by atoms with van der Waals surface area (Å²) in [4.78, 5) is 2.40. The Morgan fingerprint density at radius 3 is 2.72 bits per heavy atom. The van der Waals surface area contributed by atoms with E-state index in [1.807, 2.05) is 12.1 Å². The van der Waals surface area contributed by atoms with Gasteiger partial charge in [-0.3, -0.25) is 0 Å². The maximum atomic E-state index is 5.99. The van der Waals surface area contributed by atoms with Crippen molar-refractivity contribution in [3.8, 4) is 0 Å². The largest absolute Gasteiger partial charge is 0.317 e. The van der Waals surface area contributed by atoms with Crippen LogP contribution in [0.1, 0.15) is 18.4 Å². The molecule has 0 saturated carbocycles. The Labute approximate surface area is 121 Å². The van der Waals surface area contributed by atoms with Gasteiger partial charge in [-0.1, -0.05) is 23.7 Å². The van der Waals surface area contributed by atoms with E-state index in [-0.39, 0.29) is 12.4 Å². The summed E-state index contributed by atoms with van der Waals surface area (Å²) in [6.45, 7) is 4.53. The molecule has 0 aliphatic carbocycles. The maximum Gasteiger partial charge on any atom is 0.0409 e. The molecule has 1 heterocycles. The van der Waals surface area contributed by atoms with E-state index in [1.165, 1.54) is 38.0 Å². The fourth-order valence-corrected chi connectivity index (χ4v) is 2.73. The monoisotopic (exact) mass is 288 g/mol. The van der Waals surface area contributed by atoms with Crippen LogP contribution in [-0.2, 0) is 6.54 Å². The minimum Gasteiger partial charge on any atom is -0.317 e. The molecular weight excluding hydrogens is 267 g/mol. The fourth-order valence-electron chi connectivity index (χ4n) is 2.52. The minimum absolute atomic E-state index is 0. The molecule has 1 aromatic rings. The summed E-state index contributed by atoms with van der Waals surface area (Å²) in [5.74, 6) is 0.848. The topological polar surface area (TPSA) is 15.3 Å². The molecule has 0 unspecified atom stereocenters. The van der Waals surface area contributed by atoms with Crippen LogP contribution < -0.4 is 5.32 Å². The molecule has 0 amide bonds. The normalized spacial score (nSPS) is 16.6. The SMILES string of the molecule is CN(Cc1cccc(Cl)c1)CC1CCNCC1.Cl. The lowest BCUT2D eigenvalue weighted by Crippen LogP contribution is -2.34. The average molecular weight is 289 g/mol. The molecule has 0 aromatic heterocycles. The van der Waals surface area contributed by atoms with Crippen LogP contribution in [0.2, 0.25) is 5.02 Å². The zero-order valence-corrected chi connectivity index (χ0v) is 12.4. The van der Waals surface area contributed by atoms with Crippen molar-refractivity contribution in [1.29, 1.82) is 0 Å². The third-order valence-corrected chi connectivity index (χ3v) is 3.61. The Hall–Kier alpha value is -0.280. The van der Waals surface area contributed by atoms with Crippen LogP contribution in [0, 0.1) is 5.92 Å². The quantitative estimate of drug-likeness (QED) is 0.915. The highest BCUT2D eigenvalue weighted by molar-refractivity contribution is 6.30. The van der Waals surface area contributed by atoms with Crippen molar-refractivity contribution in [3.63, 3.8) is 0 Å². The van der Waals surface area contributed by atoms with Crippen molar-refractivity contribution in [3.05, 3.63) is 34.9 Å². The molecule has 2 rings (SSSR count). The molecule has 1 saturated heterocycles. The second-order valence-corrected chi connectivity index (χ2v) is 5.46. The lowest BCUT2D eigenvalue weighted by Gasteiger charge is -2.27. The highest BCUT2D eigenvalue weighted by Gasteiger charge is 2.14. The van der Waals surface area contributed by atoms with Crippen LogP contribution in [0.15, 0.2) is 24.3 Å². The predicted octanol–water partition coefficient (Wildman–Crippen LogP) is 3.19. The van der Waals surface area contributed by atoms with Crippen molar-refractivity contribution in [2.45, 2.75) is 19.4 Å². The second kappa shape index (κ2) is 8.00. The van der Waals surface area contributed by atoms with E-state index in [0.29, 0.717) is 0 Å². The summed E-state index contributed by atoms with van der Waals surface area (Å²) in [5, 5.41) is 4.24. The van der Waals surface area contributed by atoms with Gasteiger partial charge in [0, 0.05) is 18.1 Å². The number of hydrogen-bond acceptors (Lipinski definition) is 2. The van der Waals surface area contributed by atoms with E-state index in [1.54, 1.807) is 0 Å². The first-order valence-electron chi connectivity index (χ1n) is 6.38. The van der Waals surface area contributed by atoms with Gasteiger partial charge in [-0.05, 0) is 56.6 Å². The summed E-state index contributed by atoms with van der Waals surface area (Å²) in [6, 6.07) is 8.15. The fraction of sp³-hybridized carbons (Fsp3) is 0.571. The third kappa shape index (κ3) is 5.15. The lowest BCUT2D eigenvalue weighted by molar-refractivity contribution is 0.234. The standard InChI is InChI=1S/C14H21ClN2.ClH/c1-17(10-12-5-7-16-8-6-12)11-13-3-2-4-14(15)9-13;/h2-4,9,12,16H,5-8,10-11H2,1H3;1H. The molecule has 2 nitrogen and oxygen atoms in total. The molecule has 18 heavy (non-hydrogen) atoms. The first-order chi connectivity index (χ1) is 8.24. The Kier molecular flexibility index (Phi) is 7.02. The molecule has 1 aromatic carbocycles. The number of nitrogens with zero attached hydrogens (tertiary/aromatic N) is 1. The molecule has 0 radical (unpaired) electrons. The molecule has 0 spiro atoms. The van der Waals surface area contributed by atoms with E-state index >= 15 is 0 Å². The number of benzene rings is 1. The summed E-state index contributed by atoms with van der Waals surface area (Å²) >= 11 is 5.99. The number of nitrogens with one attached hydrogen (secondary N) is 1. The van der Waals surface area contributed by atoms with Crippen LogP contribution in [0.25, 0.3) is 0 Å². The number of halogens is 2. The van der Waals surface area contributed by atoms with Gasteiger partial charge in [-0.2, -0.15) is 0 Å². The Bertz CT molecular complexity index is 351. The van der Waals surface area contributed by atoms with Crippen molar-refractivity contribution < 1.29 is 0 Å². The van der Waals surface area contributed by atoms with Gasteiger partial charge in [0.15, 0.2) is 0 Å². The van der Waals surface area contributed by atoms with Gasteiger partial charge < -0.3 is 10.2 Å². The van der Waals surface area contributed by atoms with Crippen molar-refractivity contribution >= 4 is 24.0 Å². The van der Waals surface area contributed by atoms with Gasteiger partial charge in [0.2, 0.25) is 0 Å². The molecule has 1 aliphatic heterocycles. The van der Waals surface area contributed by atoms with Gasteiger partial charge in [0.1, 0.15) is 0 Å². The second-order valence-electron chi connectivity index (χ2n) is 5.02. The van der Waals surface area contributed by atoms with E-state index in [2.05, 4.69) is 29.4 Å².